The highest BCUT2D eigenvalue weighted by Crippen LogP contribution is 2.24. The van der Waals surface area contributed by atoms with Crippen molar-refractivity contribution in [2.45, 2.75) is 12.8 Å². The molecule has 10 heteroatoms. The van der Waals surface area contributed by atoms with Gasteiger partial charge in [0.05, 0.1) is 30.1 Å². The predicted molar refractivity (Wildman–Crippen MR) is 112 cm³/mol. The van der Waals surface area contributed by atoms with Gasteiger partial charge in [-0.2, -0.15) is 0 Å². The Balaban J connectivity index is 1.80. The van der Waals surface area contributed by atoms with Gasteiger partial charge in [0.15, 0.2) is 11.6 Å². The van der Waals surface area contributed by atoms with Gasteiger partial charge in [0, 0.05) is 30.6 Å². The summed E-state index contributed by atoms with van der Waals surface area (Å²) in [4.78, 5) is 24.8. The fourth-order valence-electron chi connectivity index (χ4n) is 3.28. The van der Waals surface area contributed by atoms with Gasteiger partial charge in [-0.1, -0.05) is 18.2 Å². The maximum Gasteiger partial charge on any atom is 0.340 e. The number of hydrogen-bond donors (Lipinski definition) is 0. The maximum absolute atomic E-state index is 13.6. The van der Waals surface area contributed by atoms with Crippen molar-refractivity contribution < 1.29 is 31.5 Å². The molecule has 3 rings (SSSR count). The summed E-state index contributed by atoms with van der Waals surface area (Å²) in [6, 6.07) is 9.62. The Morgan fingerprint density at radius 2 is 1.81 bits per heavy atom. The fourth-order valence-corrected chi connectivity index (χ4v) is 4.24. The molecular formula is C21H20F2N2O5S. The smallest absolute Gasteiger partial charge is 0.340 e. The first kappa shape index (κ1) is 22.4. The van der Waals surface area contributed by atoms with E-state index in [1.807, 2.05) is 0 Å². The van der Waals surface area contributed by atoms with Gasteiger partial charge >= 0.3 is 5.97 Å². The topological polar surface area (TPSA) is 85.7 Å². The average Bonchev–Trinajstić information content (AvgIpc) is 3.11. The van der Waals surface area contributed by atoms with Crippen LogP contribution in [0, 0.1) is 11.6 Å². The molecule has 0 aliphatic heterocycles. The van der Waals surface area contributed by atoms with Crippen LogP contribution in [0.3, 0.4) is 0 Å². The Labute approximate surface area is 177 Å². The van der Waals surface area contributed by atoms with Crippen molar-refractivity contribution in [1.29, 1.82) is 0 Å². The Bertz CT molecular complexity index is 1250. The minimum absolute atomic E-state index is 0.0340. The number of ether oxygens (including phenoxy) is 1. The molecule has 0 fully saturated rings. The zero-order chi connectivity index (χ0) is 22.8. The molecule has 0 aliphatic rings. The van der Waals surface area contributed by atoms with Gasteiger partial charge in [-0.3, -0.25) is 13.7 Å². The first-order chi connectivity index (χ1) is 14.6. The summed E-state index contributed by atoms with van der Waals surface area (Å²) < 4.78 is 58.0. The Kier molecular flexibility index (Phi) is 6.40. The summed E-state index contributed by atoms with van der Waals surface area (Å²) in [7, 11) is -2.55. The summed E-state index contributed by atoms with van der Waals surface area (Å²) in [5.74, 6) is -3.20. The van der Waals surface area contributed by atoms with Gasteiger partial charge in [0.25, 0.3) is 0 Å². The Morgan fingerprint density at radius 1 is 1.10 bits per heavy atom. The van der Waals surface area contributed by atoms with Gasteiger partial charge in [0.1, 0.15) is 0 Å². The summed E-state index contributed by atoms with van der Waals surface area (Å²) >= 11 is 0. The Hall–Kier alpha value is -3.27. The van der Waals surface area contributed by atoms with Gasteiger partial charge in [0.2, 0.25) is 15.9 Å². The number of sulfonamides is 1. The average molecular weight is 450 g/mol. The van der Waals surface area contributed by atoms with E-state index in [0.29, 0.717) is 10.9 Å². The van der Waals surface area contributed by atoms with Crippen molar-refractivity contribution in [3.05, 3.63) is 65.9 Å². The molecule has 0 N–H and O–H groups in total. The monoisotopic (exact) mass is 450 g/mol. The number of hydrogen-bond acceptors (Lipinski definition) is 5. The normalized spacial score (nSPS) is 11.5. The van der Waals surface area contributed by atoms with Crippen LogP contribution < -0.4 is 4.31 Å². The predicted octanol–water partition coefficient (Wildman–Crippen LogP) is 3.59. The third-order valence-electron chi connectivity index (χ3n) is 4.73. The third-order valence-corrected chi connectivity index (χ3v) is 5.92. The van der Waals surface area contributed by atoms with Crippen molar-refractivity contribution in [2.75, 3.05) is 24.2 Å². The largest absolute Gasteiger partial charge is 0.465 e. The van der Waals surface area contributed by atoms with Crippen LogP contribution in [0.5, 0.6) is 0 Å². The van der Waals surface area contributed by atoms with Crippen molar-refractivity contribution in [1.82, 2.24) is 4.57 Å². The highest BCUT2D eigenvalue weighted by molar-refractivity contribution is 7.92. The molecule has 0 unspecified atom stereocenters. The lowest BCUT2D eigenvalue weighted by molar-refractivity contribution is 0.0603. The van der Waals surface area contributed by atoms with E-state index >= 15 is 0 Å². The van der Waals surface area contributed by atoms with Crippen LogP contribution in [-0.4, -0.2) is 44.8 Å². The summed E-state index contributed by atoms with van der Waals surface area (Å²) in [6.45, 7) is -0.112. The lowest BCUT2D eigenvalue weighted by Crippen LogP contribution is -2.31. The SMILES string of the molecule is COC(=O)c1cn(C(=O)CCCN(c2ccc(F)c(F)c2)S(C)(=O)=O)c2ccccc12. The van der Waals surface area contributed by atoms with Crippen molar-refractivity contribution in [3.8, 4) is 0 Å². The molecule has 2 aromatic carbocycles. The number of para-hydroxylation sites is 1. The molecule has 0 radical (unpaired) electrons. The lowest BCUT2D eigenvalue weighted by atomic mass is 10.2. The molecule has 1 aromatic heterocycles. The lowest BCUT2D eigenvalue weighted by Gasteiger charge is -2.22. The van der Waals surface area contributed by atoms with E-state index < -0.39 is 27.6 Å². The Morgan fingerprint density at radius 3 is 2.45 bits per heavy atom. The zero-order valence-corrected chi connectivity index (χ0v) is 17.7. The van der Waals surface area contributed by atoms with Crippen LogP contribution in [0.15, 0.2) is 48.7 Å². The van der Waals surface area contributed by atoms with Crippen LogP contribution in [0.4, 0.5) is 14.5 Å². The second-order valence-corrected chi connectivity index (χ2v) is 8.76. The van der Waals surface area contributed by atoms with E-state index in [-0.39, 0.29) is 36.5 Å². The molecule has 0 aliphatic carbocycles. The number of fused-ring (bicyclic) bond motifs is 1. The zero-order valence-electron chi connectivity index (χ0n) is 16.8. The number of rotatable bonds is 7. The second-order valence-electron chi connectivity index (χ2n) is 6.85. The van der Waals surface area contributed by atoms with Gasteiger partial charge in [-0.25, -0.2) is 22.0 Å². The number of aromatic nitrogens is 1. The molecule has 0 amide bonds. The van der Waals surface area contributed by atoms with E-state index in [0.717, 1.165) is 28.8 Å². The van der Waals surface area contributed by atoms with E-state index in [1.165, 1.54) is 17.9 Å². The van der Waals surface area contributed by atoms with Crippen molar-refractivity contribution >= 4 is 38.5 Å². The summed E-state index contributed by atoms with van der Waals surface area (Å²) in [6.07, 6.45) is 2.40. The molecule has 3 aromatic rings. The number of anilines is 1. The molecule has 31 heavy (non-hydrogen) atoms. The number of nitrogens with zero attached hydrogens (tertiary/aromatic N) is 2. The summed E-state index contributed by atoms with van der Waals surface area (Å²) in [5.41, 5.74) is 0.729. The highest BCUT2D eigenvalue weighted by atomic mass is 32.2. The standard InChI is InChI=1S/C21H20F2N2O5S/c1-30-21(27)16-13-24(19-7-4-3-6-15(16)19)20(26)8-5-11-25(31(2,28)29)14-9-10-17(22)18(23)12-14/h3-4,6-7,9-10,12-13H,5,8,11H2,1-2H3. The molecule has 0 spiro atoms. The quantitative estimate of drug-likeness (QED) is 0.514. The van der Waals surface area contributed by atoms with Crippen molar-refractivity contribution in [2.24, 2.45) is 0 Å². The number of methoxy groups -OCH3 is 1. The van der Waals surface area contributed by atoms with E-state index in [9.17, 15) is 26.8 Å². The molecule has 0 saturated carbocycles. The van der Waals surface area contributed by atoms with Crippen LogP contribution >= 0.6 is 0 Å². The van der Waals surface area contributed by atoms with Crippen LogP contribution in [0.1, 0.15) is 28.0 Å². The minimum Gasteiger partial charge on any atom is -0.465 e. The molecule has 7 nitrogen and oxygen atoms in total. The molecule has 1 heterocycles. The molecule has 164 valence electrons. The van der Waals surface area contributed by atoms with Gasteiger partial charge in [-0.15, -0.1) is 0 Å². The van der Waals surface area contributed by atoms with E-state index in [2.05, 4.69) is 0 Å². The number of carbonyl (C=O) groups excluding carboxylic acids is 2. The van der Waals surface area contributed by atoms with Crippen LogP contribution in [-0.2, 0) is 14.8 Å². The van der Waals surface area contributed by atoms with Crippen molar-refractivity contribution in [3.63, 3.8) is 0 Å². The first-order valence-corrected chi connectivity index (χ1v) is 11.1. The first-order valence-electron chi connectivity index (χ1n) is 9.28. The highest BCUT2D eigenvalue weighted by Gasteiger charge is 2.21. The molecule has 0 atom stereocenters. The van der Waals surface area contributed by atoms with Crippen LogP contribution in [0.25, 0.3) is 10.9 Å². The third kappa shape index (κ3) is 4.74. The second kappa shape index (κ2) is 8.84. The van der Waals surface area contributed by atoms with Gasteiger partial charge in [-0.05, 0) is 24.6 Å². The molecule has 0 bridgehead atoms. The number of benzene rings is 2. The molecular weight excluding hydrogens is 430 g/mol. The fraction of sp³-hybridized carbons (Fsp3) is 0.238. The number of esters is 1. The maximum atomic E-state index is 13.6. The number of carbonyl (C=O) groups is 2. The van der Waals surface area contributed by atoms with E-state index in [1.54, 1.807) is 24.3 Å². The van der Waals surface area contributed by atoms with Crippen LogP contribution in [0.2, 0.25) is 0 Å². The molecule has 0 saturated heterocycles. The minimum atomic E-state index is -3.79. The van der Waals surface area contributed by atoms with E-state index in [4.69, 9.17) is 4.74 Å². The van der Waals surface area contributed by atoms with Gasteiger partial charge < -0.3 is 4.74 Å². The number of halogens is 2. The summed E-state index contributed by atoms with van der Waals surface area (Å²) in [5, 5.41) is 0.558.